The van der Waals surface area contributed by atoms with E-state index in [0.29, 0.717) is 11.6 Å². The Kier molecular flexibility index (Phi) is 4.15. The van der Waals surface area contributed by atoms with Crippen molar-refractivity contribution in [3.05, 3.63) is 34.3 Å². The van der Waals surface area contributed by atoms with Gasteiger partial charge in [-0.1, -0.05) is 38.2 Å². The van der Waals surface area contributed by atoms with E-state index in [1.807, 2.05) is 19.2 Å². The molecule has 0 bridgehead atoms. The first kappa shape index (κ1) is 14.4. The van der Waals surface area contributed by atoms with Crippen molar-refractivity contribution in [2.24, 2.45) is 13.0 Å². The Balaban J connectivity index is 1.84. The maximum Gasteiger partial charge on any atom is 0.419 e. The SMILES string of the molecule is CNC(CC1CCCCC1)c1ccc2c(c1)oc(=O)n2C. The summed E-state index contributed by atoms with van der Waals surface area (Å²) in [6, 6.07) is 6.45. The molecule has 1 saturated carbocycles. The number of benzene rings is 1. The molecule has 0 aliphatic heterocycles. The molecular weight excluding hydrogens is 264 g/mol. The van der Waals surface area contributed by atoms with Gasteiger partial charge in [-0.05, 0) is 37.1 Å². The fourth-order valence-electron chi connectivity index (χ4n) is 3.54. The summed E-state index contributed by atoms with van der Waals surface area (Å²) in [4.78, 5) is 11.6. The molecule has 1 heterocycles. The highest BCUT2D eigenvalue weighted by atomic mass is 16.4. The molecule has 1 aromatic heterocycles. The zero-order valence-corrected chi connectivity index (χ0v) is 12.9. The third kappa shape index (κ3) is 2.91. The Morgan fingerprint density at radius 2 is 2.10 bits per heavy atom. The lowest BCUT2D eigenvalue weighted by atomic mass is 9.83. The number of nitrogens with one attached hydrogen (secondary N) is 1. The number of fused-ring (bicyclic) bond motifs is 1. The summed E-state index contributed by atoms with van der Waals surface area (Å²) < 4.78 is 6.85. The minimum Gasteiger partial charge on any atom is -0.408 e. The summed E-state index contributed by atoms with van der Waals surface area (Å²) in [5.41, 5.74) is 2.75. The Morgan fingerprint density at radius 1 is 1.33 bits per heavy atom. The molecule has 4 nitrogen and oxygen atoms in total. The van der Waals surface area contributed by atoms with Crippen LogP contribution in [0, 0.1) is 5.92 Å². The van der Waals surface area contributed by atoms with Crippen LogP contribution in [0.5, 0.6) is 0 Å². The van der Waals surface area contributed by atoms with Crippen LogP contribution >= 0.6 is 0 Å². The number of rotatable bonds is 4. The molecule has 2 aromatic rings. The highest BCUT2D eigenvalue weighted by molar-refractivity contribution is 5.73. The first-order valence-electron chi connectivity index (χ1n) is 7.96. The van der Waals surface area contributed by atoms with Gasteiger partial charge in [-0.2, -0.15) is 0 Å². The smallest absolute Gasteiger partial charge is 0.408 e. The average molecular weight is 288 g/mol. The third-order valence-corrected chi connectivity index (χ3v) is 4.86. The van der Waals surface area contributed by atoms with E-state index in [4.69, 9.17) is 4.42 Å². The molecule has 1 unspecified atom stereocenters. The lowest BCUT2D eigenvalue weighted by molar-refractivity contribution is 0.306. The van der Waals surface area contributed by atoms with Gasteiger partial charge in [0.05, 0.1) is 5.52 Å². The molecule has 0 spiro atoms. The molecule has 1 atom stereocenters. The van der Waals surface area contributed by atoms with E-state index in [1.54, 1.807) is 11.6 Å². The number of nitrogens with zero attached hydrogens (tertiary/aromatic N) is 1. The van der Waals surface area contributed by atoms with E-state index in [-0.39, 0.29) is 5.76 Å². The second-order valence-corrected chi connectivity index (χ2v) is 6.24. The zero-order chi connectivity index (χ0) is 14.8. The lowest BCUT2D eigenvalue weighted by Gasteiger charge is -2.26. The quantitative estimate of drug-likeness (QED) is 0.938. The van der Waals surface area contributed by atoms with Crippen LogP contribution in [0.25, 0.3) is 11.1 Å². The molecule has 1 N–H and O–H groups in total. The van der Waals surface area contributed by atoms with E-state index in [1.165, 1.54) is 44.1 Å². The van der Waals surface area contributed by atoms with Crippen molar-refractivity contribution >= 4 is 11.1 Å². The Bertz CT molecular complexity index is 665. The minimum atomic E-state index is -0.296. The first-order valence-corrected chi connectivity index (χ1v) is 7.96. The molecule has 4 heteroatoms. The van der Waals surface area contributed by atoms with Crippen LogP contribution in [0.4, 0.5) is 0 Å². The second-order valence-electron chi connectivity index (χ2n) is 6.24. The van der Waals surface area contributed by atoms with Crippen LogP contribution in [-0.2, 0) is 7.05 Å². The van der Waals surface area contributed by atoms with E-state index in [9.17, 15) is 4.79 Å². The van der Waals surface area contributed by atoms with E-state index >= 15 is 0 Å². The van der Waals surface area contributed by atoms with Crippen LogP contribution in [0.3, 0.4) is 0 Å². The van der Waals surface area contributed by atoms with Crippen molar-refractivity contribution in [2.45, 2.75) is 44.6 Å². The fraction of sp³-hybridized carbons (Fsp3) is 0.588. The molecule has 3 rings (SSSR count). The Labute approximate surface area is 125 Å². The third-order valence-electron chi connectivity index (χ3n) is 4.86. The highest BCUT2D eigenvalue weighted by Gasteiger charge is 2.20. The van der Waals surface area contributed by atoms with E-state index in [2.05, 4.69) is 11.4 Å². The topological polar surface area (TPSA) is 47.2 Å². The standard InChI is InChI=1S/C17H24N2O2/c1-18-14(10-12-6-4-3-5-7-12)13-8-9-15-16(11-13)21-17(20)19(15)2/h8-9,11-12,14,18H,3-7,10H2,1-2H3. The van der Waals surface area contributed by atoms with Gasteiger partial charge >= 0.3 is 5.76 Å². The monoisotopic (exact) mass is 288 g/mol. The molecule has 1 fully saturated rings. The van der Waals surface area contributed by atoms with E-state index < -0.39 is 0 Å². The molecule has 0 amide bonds. The normalized spacial score (nSPS) is 18.2. The van der Waals surface area contributed by atoms with Gasteiger partial charge in [-0.25, -0.2) is 4.79 Å². The summed E-state index contributed by atoms with van der Waals surface area (Å²) in [6.45, 7) is 0. The molecule has 1 aliphatic rings. The molecule has 1 aliphatic carbocycles. The summed E-state index contributed by atoms with van der Waals surface area (Å²) in [5.74, 6) is 0.519. The van der Waals surface area contributed by atoms with Crippen molar-refractivity contribution in [1.82, 2.24) is 9.88 Å². The predicted molar refractivity (Wildman–Crippen MR) is 84.4 cm³/mol. The minimum absolute atomic E-state index is 0.296. The Hall–Kier alpha value is -1.55. The maximum atomic E-state index is 11.6. The van der Waals surface area contributed by atoms with Gasteiger partial charge in [0, 0.05) is 13.1 Å². The van der Waals surface area contributed by atoms with Crippen molar-refractivity contribution in [3.8, 4) is 0 Å². The van der Waals surface area contributed by atoms with Crippen LogP contribution in [-0.4, -0.2) is 11.6 Å². The lowest BCUT2D eigenvalue weighted by Crippen LogP contribution is -2.21. The van der Waals surface area contributed by atoms with Crippen LogP contribution < -0.4 is 11.1 Å². The number of hydrogen-bond donors (Lipinski definition) is 1. The maximum absolute atomic E-state index is 11.6. The summed E-state index contributed by atoms with van der Waals surface area (Å²) in [6.07, 6.45) is 7.99. The van der Waals surface area contributed by atoms with Gasteiger partial charge in [0.25, 0.3) is 0 Å². The summed E-state index contributed by atoms with van der Waals surface area (Å²) in [5, 5.41) is 3.43. The number of hydrogen-bond acceptors (Lipinski definition) is 3. The van der Waals surface area contributed by atoms with Gasteiger partial charge in [0.1, 0.15) is 0 Å². The van der Waals surface area contributed by atoms with Crippen molar-refractivity contribution in [3.63, 3.8) is 0 Å². The average Bonchev–Trinajstić information content (AvgIpc) is 2.80. The fourth-order valence-corrected chi connectivity index (χ4v) is 3.54. The largest absolute Gasteiger partial charge is 0.419 e. The molecule has 114 valence electrons. The summed E-state index contributed by atoms with van der Waals surface area (Å²) >= 11 is 0. The van der Waals surface area contributed by atoms with Crippen LogP contribution in [0.1, 0.15) is 50.1 Å². The van der Waals surface area contributed by atoms with E-state index in [0.717, 1.165) is 11.4 Å². The van der Waals surface area contributed by atoms with Gasteiger partial charge in [-0.3, -0.25) is 4.57 Å². The molecule has 1 aromatic carbocycles. The highest BCUT2D eigenvalue weighted by Crippen LogP contribution is 2.32. The molecule has 0 saturated heterocycles. The van der Waals surface area contributed by atoms with Gasteiger partial charge in [0.2, 0.25) is 0 Å². The van der Waals surface area contributed by atoms with Crippen molar-refractivity contribution < 1.29 is 4.42 Å². The number of aryl methyl sites for hydroxylation is 1. The van der Waals surface area contributed by atoms with Crippen molar-refractivity contribution in [2.75, 3.05) is 7.05 Å². The molecular formula is C17H24N2O2. The Morgan fingerprint density at radius 3 is 2.81 bits per heavy atom. The van der Waals surface area contributed by atoms with Gasteiger partial charge < -0.3 is 9.73 Å². The van der Waals surface area contributed by atoms with Gasteiger partial charge in [0.15, 0.2) is 5.58 Å². The molecule has 21 heavy (non-hydrogen) atoms. The van der Waals surface area contributed by atoms with Crippen LogP contribution in [0.15, 0.2) is 27.4 Å². The van der Waals surface area contributed by atoms with Crippen LogP contribution in [0.2, 0.25) is 0 Å². The number of oxazole rings is 1. The van der Waals surface area contributed by atoms with Gasteiger partial charge in [-0.15, -0.1) is 0 Å². The second kappa shape index (κ2) is 6.06. The molecule has 0 radical (unpaired) electrons. The number of aromatic nitrogens is 1. The van der Waals surface area contributed by atoms with Crippen molar-refractivity contribution in [1.29, 1.82) is 0 Å². The summed E-state index contributed by atoms with van der Waals surface area (Å²) in [7, 11) is 3.75. The predicted octanol–water partition coefficient (Wildman–Crippen LogP) is 3.36. The first-order chi connectivity index (χ1) is 10.2. The zero-order valence-electron chi connectivity index (χ0n) is 12.9.